The first-order chi connectivity index (χ1) is 11.6. The minimum Gasteiger partial charge on any atom is -0.382 e. The summed E-state index contributed by atoms with van der Waals surface area (Å²) in [6.07, 6.45) is 7.65. The van der Waals surface area contributed by atoms with Gasteiger partial charge in [-0.3, -0.25) is 4.99 Å². The molecule has 0 heterocycles. The SMILES string of the molecule is CCOCCC1(CNC(=NC)NCCN(C)C(C)CC)CCCC1.I. The molecule has 150 valence electrons. The minimum atomic E-state index is 0. The average molecular weight is 468 g/mol. The normalized spacial score (nSPS) is 18.1. The van der Waals surface area contributed by atoms with Crippen LogP contribution in [0, 0.1) is 5.41 Å². The summed E-state index contributed by atoms with van der Waals surface area (Å²) in [5.74, 6) is 0.926. The van der Waals surface area contributed by atoms with Crippen LogP contribution in [0.5, 0.6) is 0 Å². The molecule has 1 aliphatic rings. The number of rotatable bonds is 11. The molecule has 25 heavy (non-hydrogen) atoms. The Balaban J connectivity index is 0.00000576. The van der Waals surface area contributed by atoms with Crippen LogP contribution >= 0.6 is 24.0 Å². The van der Waals surface area contributed by atoms with E-state index < -0.39 is 0 Å². The molecule has 1 unspecified atom stereocenters. The number of ether oxygens (including phenoxy) is 1. The van der Waals surface area contributed by atoms with Gasteiger partial charge in [0.1, 0.15) is 0 Å². The lowest BCUT2D eigenvalue weighted by Gasteiger charge is -2.30. The van der Waals surface area contributed by atoms with Gasteiger partial charge < -0.3 is 20.3 Å². The molecule has 6 heteroatoms. The highest BCUT2D eigenvalue weighted by Crippen LogP contribution is 2.40. The highest BCUT2D eigenvalue weighted by molar-refractivity contribution is 14.0. The monoisotopic (exact) mass is 468 g/mol. The molecule has 0 saturated heterocycles. The topological polar surface area (TPSA) is 48.9 Å². The summed E-state index contributed by atoms with van der Waals surface area (Å²) in [7, 11) is 4.04. The second kappa shape index (κ2) is 14.0. The van der Waals surface area contributed by atoms with Crippen LogP contribution in [-0.2, 0) is 4.74 Å². The Kier molecular flexibility index (Phi) is 14.0. The molecule has 0 spiro atoms. The van der Waals surface area contributed by atoms with Gasteiger partial charge in [-0.05, 0) is 52.0 Å². The molecule has 0 bridgehead atoms. The Morgan fingerprint density at radius 1 is 1.24 bits per heavy atom. The van der Waals surface area contributed by atoms with Gasteiger partial charge in [0.25, 0.3) is 0 Å². The molecule has 1 fully saturated rings. The number of aliphatic imine (C=N–C) groups is 1. The van der Waals surface area contributed by atoms with Crippen molar-refractivity contribution >= 4 is 29.9 Å². The minimum absolute atomic E-state index is 0. The van der Waals surface area contributed by atoms with Crippen LogP contribution in [0.4, 0.5) is 0 Å². The van der Waals surface area contributed by atoms with E-state index in [4.69, 9.17) is 4.74 Å². The third kappa shape index (κ3) is 9.43. The summed E-state index contributed by atoms with van der Waals surface area (Å²) >= 11 is 0. The van der Waals surface area contributed by atoms with Gasteiger partial charge in [0.05, 0.1) is 0 Å². The van der Waals surface area contributed by atoms with E-state index in [9.17, 15) is 0 Å². The molecule has 5 nitrogen and oxygen atoms in total. The number of hydrogen-bond acceptors (Lipinski definition) is 3. The van der Waals surface area contributed by atoms with Gasteiger partial charge in [-0.1, -0.05) is 19.8 Å². The second-order valence-corrected chi connectivity index (χ2v) is 7.24. The molecule has 0 amide bonds. The van der Waals surface area contributed by atoms with Gasteiger partial charge in [0.15, 0.2) is 5.96 Å². The fourth-order valence-corrected chi connectivity index (χ4v) is 3.45. The molecule has 0 radical (unpaired) electrons. The van der Waals surface area contributed by atoms with E-state index in [1.807, 2.05) is 7.05 Å². The van der Waals surface area contributed by atoms with E-state index in [1.165, 1.54) is 32.1 Å². The predicted octanol–water partition coefficient (Wildman–Crippen LogP) is 3.49. The Morgan fingerprint density at radius 3 is 2.48 bits per heavy atom. The summed E-state index contributed by atoms with van der Waals surface area (Å²) in [4.78, 5) is 6.77. The maximum absolute atomic E-state index is 5.60. The third-order valence-corrected chi connectivity index (χ3v) is 5.60. The van der Waals surface area contributed by atoms with Crippen LogP contribution in [0.15, 0.2) is 4.99 Å². The maximum atomic E-state index is 5.60. The summed E-state index contributed by atoms with van der Waals surface area (Å²) in [6.45, 7) is 11.2. The fourth-order valence-electron chi connectivity index (χ4n) is 3.45. The number of guanidine groups is 1. The van der Waals surface area contributed by atoms with Crippen LogP contribution in [0.3, 0.4) is 0 Å². The van der Waals surface area contributed by atoms with Crippen LogP contribution in [0.2, 0.25) is 0 Å². The standard InChI is InChI=1S/C19H40N4O.HI/c1-6-17(3)23(5)14-13-21-18(20-4)22-16-19(10-8-9-11-19)12-15-24-7-2;/h17H,6-16H2,1-5H3,(H2,20,21,22);1H. The Hall–Kier alpha value is -0.0800. The van der Waals surface area contributed by atoms with Gasteiger partial charge in [-0.15, -0.1) is 24.0 Å². The molecule has 0 aromatic rings. The molecule has 0 aromatic carbocycles. The Bertz CT molecular complexity index is 359. The smallest absolute Gasteiger partial charge is 0.191 e. The van der Waals surface area contributed by atoms with Gasteiger partial charge in [-0.2, -0.15) is 0 Å². The lowest BCUT2D eigenvalue weighted by Crippen LogP contribution is -2.45. The molecule has 2 N–H and O–H groups in total. The molecule has 0 aliphatic heterocycles. The van der Waals surface area contributed by atoms with Gasteiger partial charge in [0.2, 0.25) is 0 Å². The zero-order valence-electron chi connectivity index (χ0n) is 17.1. The Labute approximate surface area is 172 Å². The van der Waals surface area contributed by atoms with Crippen LogP contribution in [-0.4, -0.2) is 63.8 Å². The van der Waals surface area contributed by atoms with Crippen molar-refractivity contribution in [3.8, 4) is 0 Å². The first kappa shape index (κ1) is 24.9. The first-order valence-electron chi connectivity index (χ1n) is 9.79. The van der Waals surface area contributed by atoms with Gasteiger partial charge in [0, 0.05) is 45.9 Å². The van der Waals surface area contributed by atoms with E-state index >= 15 is 0 Å². The van der Waals surface area contributed by atoms with Crippen molar-refractivity contribution in [3.63, 3.8) is 0 Å². The van der Waals surface area contributed by atoms with Crippen molar-refractivity contribution in [2.75, 3.05) is 46.9 Å². The molecular formula is C19H41IN4O. The van der Waals surface area contributed by atoms with E-state index in [2.05, 4.69) is 48.3 Å². The average Bonchev–Trinajstić information content (AvgIpc) is 3.06. The number of nitrogens with one attached hydrogen (secondary N) is 2. The van der Waals surface area contributed by atoms with Crippen LogP contribution < -0.4 is 10.6 Å². The molecule has 1 atom stereocenters. The second-order valence-electron chi connectivity index (χ2n) is 7.24. The third-order valence-electron chi connectivity index (χ3n) is 5.60. The van der Waals surface area contributed by atoms with Crippen molar-refractivity contribution in [1.29, 1.82) is 0 Å². The number of nitrogens with zero attached hydrogens (tertiary/aromatic N) is 2. The van der Waals surface area contributed by atoms with Crippen molar-refractivity contribution in [2.24, 2.45) is 10.4 Å². The fraction of sp³-hybridized carbons (Fsp3) is 0.947. The van der Waals surface area contributed by atoms with Crippen molar-refractivity contribution in [3.05, 3.63) is 0 Å². The van der Waals surface area contributed by atoms with Crippen LogP contribution in [0.25, 0.3) is 0 Å². The largest absolute Gasteiger partial charge is 0.382 e. The van der Waals surface area contributed by atoms with Crippen molar-refractivity contribution < 1.29 is 4.74 Å². The Morgan fingerprint density at radius 2 is 1.92 bits per heavy atom. The quantitative estimate of drug-likeness (QED) is 0.211. The maximum Gasteiger partial charge on any atom is 0.191 e. The van der Waals surface area contributed by atoms with E-state index in [0.29, 0.717) is 11.5 Å². The molecular weight excluding hydrogens is 427 g/mol. The van der Waals surface area contributed by atoms with E-state index in [-0.39, 0.29) is 24.0 Å². The lowest BCUT2D eigenvalue weighted by atomic mass is 9.83. The lowest BCUT2D eigenvalue weighted by molar-refractivity contribution is 0.105. The highest BCUT2D eigenvalue weighted by Gasteiger charge is 2.33. The van der Waals surface area contributed by atoms with Crippen LogP contribution in [0.1, 0.15) is 59.3 Å². The van der Waals surface area contributed by atoms with E-state index in [0.717, 1.165) is 45.2 Å². The zero-order valence-corrected chi connectivity index (χ0v) is 19.4. The van der Waals surface area contributed by atoms with Crippen molar-refractivity contribution in [1.82, 2.24) is 15.5 Å². The molecule has 1 rings (SSSR count). The number of likely N-dealkylation sites (N-methyl/N-ethyl adjacent to an activating group) is 1. The molecule has 0 aromatic heterocycles. The number of hydrogen-bond donors (Lipinski definition) is 2. The van der Waals surface area contributed by atoms with Gasteiger partial charge in [-0.25, -0.2) is 0 Å². The summed E-state index contributed by atoms with van der Waals surface area (Å²) in [6, 6.07) is 0.627. The zero-order chi connectivity index (χ0) is 17.8. The molecule has 1 saturated carbocycles. The van der Waals surface area contributed by atoms with E-state index in [1.54, 1.807) is 0 Å². The first-order valence-corrected chi connectivity index (χ1v) is 9.79. The molecule has 1 aliphatic carbocycles. The van der Waals surface area contributed by atoms with Gasteiger partial charge >= 0.3 is 0 Å². The number of halogens is 1. The highest BCUT2D eigenvalue weighted by atomic mass is 127. The predicted molar refractivity (Wildman–Crippen MR) is 119 cm³/mol. The summed E-state index contributed by atoms with van der Waals surface area (Å²) < 4.78 is 5.60. The summed E-state index contributed by atoms with van der Waals surface area (Å²) in [5, 5.41) is 7.01. The van der Waals surface area contributed by atoms with Crippen molar-refractivity contribution in [2.45, 2.75) is 65.3 Å². The summed E-state index contributed by atoms with van der Waals surface area (Å²) in [5.41, 5.74) is 0.389.